The number of nitrogens with two attached hydrogens (primary N) is 1. The van der Waals surface area contributed by atoms with Crippen molar-refractivity contribution in [3.63, 3.8) is 0 Å². The Morgan fingerprint density at radius 2 is 1.78 bits per heavy atom. The molecular weight excluding hydrogens is 500 g/mol. The monoisotopic (exact) mass is 528 g/mol. The van der Waals surface area contributed by atoms with E-state index in [-0.39, 0.29) is 28.2 Å². The Bertz CT molecular complexity index is 1310. The van der Waals surface area contributed by atoms with Crippen molar-refractivity contribution in [1.82, 2.24) is 4.72 Å². The Morgan fingerprint density at radius 1 is 1.06 bits per heavy atom. The summed E-state index contributed by atoms with van der Waals surface area (Å²) in [6.07, 6.45) is 0.687. The molecule has 0 heterocycles. The highest BCUT2D eigenvalue weighted by Crippen LogP contribution is 2.20. The highest BCUT2D eigenvalue weighted by atomic mass is 35.5. The van der Waals surface area contributed by atoms with E-state index in [9.17, 15) is 13.2 Å². The van der Waals surface area contributed by atoms with Crippen molar-refractivity contribution in [2.75, 3.05) is 11.9 Å². The van der Waals surface area contributed by atoms with Gasteiger partial charge in [-0.3, -0.25) is 10.2 Å². The highest BCUT2D eigenvalue weighted by Gasteiger charge is 2.21. The molecule has 8 nitrogen and oxygen atoms in total. The lowest BCUT2D eigenvalue weighted by Gasteiger charge is -2.16. The third-order valence-corrected chi connectivity index (χ3v) is 7.15. The molecule has 0 aromatic heterocycles. The van der Waals surface area contributed by atoms with Crippen LogP contribution in [-0.2, 0) is 32.6 Å². The molecule has 0 spiro atoms. The predicted molar refractivity (Wildman–Crippen MR) is 142 cm³/mol. The number of amidine groups is 1. The molecule has 5 N–H and O–H groups in total. The number of carbonyl (C=O) groups is 1. The fourth-order valence-corrected chi connectivity index (χ4v) is 5.02. The van der Waals surface area contributed by atoms with Gasteiger partial charge in [-0.2, -0.15) is 0 Å². The predicted octanol–water partition coefficient (Wildman–Crippen LogP) is 4.08. The van der Waals surface area contributed by atoms with E-state index in [1.54, 1.807) is 19.1 Å². The summed E-state index contributed by atoms with van der Waals surface area (Å²) in [7, 11) is -4.05. The second-order valence-corrected chi connectivity index (χ2v) is 10.4. The molecule has 3 rings (SSSR count). The molecule has 0 fully saturated rings. The number of ether oxygens (including phenoxy) is 1. The smallest absolute Gasteiger partial charge is 0.265 e. The van der Waals surface area contributed by atoms with E-state index in [4.69, 9.17) is 27.5 Å². The number of sulfonamides is 1. The van der Waals surface area contributed by atoms with E-state index in [0.717, 1.165) is 23.2 Å². The van der Waals surface area contributed by atoms with E-state index < -0.39 is 15.9 Å². The summed E-state index contributed by atoms with van der Waals surface area (Å²) in [4.78, 5) is 12.2. The lowest BCUT2D eigenvalue weighted by atomic mass is 10.1. The van der Waals surface area contributed by atoms with E-state index in [1.165, 1.54) is 12.1 Å². The van der Waals surface area contributed by atoms with Crippen molar-refractivity contribution in [2.45, 2.75) is 37.3 Å². The number of rotatable bonds is 12. The Kier molecular flexibility index (Phi) is 9.46. The van der Waals surface area contributed by atoms with Gasteiger partial charge in [-0.15, -0.1) is 0 Å². The molecule has 1 amide bonds. The van der Waals surface area contributed by atoms with Crippen LogP contribution in [0, 0.1) is 5.41 Å². The van der Waals surface area contributed by atoms with E-state index >= 15 is 0 Å². The minimum atomic E-state index is -4.05. The summed E-state index contributed by atoms with van der Waals surface area (Å²) in [6.45, 7) is 2.75. The number of hydrogen-bond donors (Lipinski definition) is 4. The van der Waals surface area contributed by atoms with Crippen molar-refractivity contribution < 1.29 is 17.9 Å². The second kappa shape index (κ2) is 12.5. The first-order valence-electron chi connectivity index (χ1n) is 11.3. The van der Waals surface area contributed by atoms with Gasteiger partial charge < -0.3 is 15.8 Å². The van der Waals surface area contributed by atoms with Gasteiger partial charge in [-0.05, 0) is 48.7 Å². The molecule has 0 aliphatic heterocycles. The molecular formula is C26H29ClN4O4S. The molecule has 0 aliphatic carbocycles. The van der Waals surface area contributed by atoms with Gasteiger partial charge in [0.25, 0.3) is 10.0 Å². The fourth-order valence-electron chi connectivity index (χ4n) is 3.50. The molecule has 0 bridgehead atoms. The quantitative estimate of drug-likeness (QED) is 0.159. The molecule has 0 radical (unpaired) electrons. The third-order valence-electron chi connectivity index (χ3n) is 5.27. The first-order valence-corrected chi connectivity index (χ1v) is 13.2. The van der Waals surface area contributed by atoms with Gasteiger partial charge in [0, 0.05) is 23.7 Å². The molecule has 36 heavy (non-hydrogen) atoms. The largest absolute Gasteiger partial charge is 0.384 e. The molecule has 10 heteroatoms. The van der Waals surface area contributed by atoms with Gasteiger partial charge in [-0.1, -0.05) is 60.1 Å². The topological polar surface area (TPSA) is 134 Å². The van der Waals surface area contributed by atoms with Crippen molar-refractivity contribution in [3.05, 3.63) is 94.5 Å². The highest BCUT2D eigenvalue weighted by molar-refractivity contribution is 7.90. The van der Waals surface area contributed by atoms with E-state index in [0.29, 0.717) is 18.8 Å². The van der Waals surface area contributed by atoms with Gasteiger partial charge in [-0.25, -0.2) is 13.1 Å². The van der Waals surface area contributed by atoms with E-state index in [2.05, 4.69) is 10.0 Å². The standard InChI is InChI=1S/C26H29ClN4O4S/c1-18(15-25(32)31-36(33,34)24-8-3-2-7-23(24)27)30-22-6-4-5-20(16-22)17-35-14-13-19-9-11-21(12-10-19)26(28)29/h2-12,16,18,30H,13-15,17H2,1H3,(H3,28,29)(H,31,32). The molecule has 190 valence electrons. The maximum Gasteiger partial charge on any atom is 0.265 e. The van der Waals surface area contributed by atoms with Gasteiger partial charge >= 0.3 is 0 Å². The Morgan fingerprint density at radius 3 is 2.47 bits per heavy atom. The van der Waals surface area contributed by atoms with Crippen LogP contribution in [0.5, 0.6) is 0 Å². The zero-order valence-corrected chi connectivity index (χ0v) is 21.4. The first kappa shape index (κ1) is 27.2. The zero-order valence-electron chi connectivity index (χ0n) is 19.8. The maximum absolute atomic E-state index is 12.4. The molecule has 1 atom stereocenters. The van der Waals surface area contributed by atoms with Crippen LogP contribution in [0.1, 0.15) is 30.0 Å². The summed E-state index contributed by atoms with van der Waals surface area (Å²) in [5, 5.41) is 10.7. The SMILES string of the molecule is CC(CC(=O)NS(=O)(=O)c1ccccc1Cl)Nc1cccc(COCCc2ccc(C(=N)N)cc2)c1. The van der Waals surface area contributed by atoms with Crippen LogP contribution in [0.25, 0.3) is 0 Å². The molecule has 0 saturated heterocycles. The van der Waals surface area contributed by atoms with Crippen molar-refractivity contribution >= 4 is 39.1 Å². The minimum Gasteiger partial charge on any atom is -0.384 e. The minimum absolute atomic E-state index is 0.0448. The Balaban J connectivity index is 1.46. The Hall–Kier alpha value is -3.40. The number of nitrogen functional groups attached to an aromatic ring is 1. The lowest BCUT2D eigenvalue weighted by Crippen LogP contribution is -2.34. The first-order chi connectivity index (χ1) is 17.1. The van der Waals surface area contributed by atoms with Gasteiger partial charge in [0.1, 0.15) is 10.7 Å². The van der Waals surface area contributed by atoms with E-state index in [1.807, 2.05) is 48.5 Å². The van der Waals surface area contributed by atoms with Crippen LogP contribution in [0.4, 0.5) is 5.69 Å². The van der Waals surface area contributed by atoms with Crippen molar-refractivity contribution in [2.24, 2.45) is 5.73 Å². The maximum atomic E-state index is 12.4. The summed E-state index contributed by atoms with van der Waals surface area (Å²) < 4.78 is 32.7. The average molecular weight is 529 g/mol. The van der Waals surface area contributed by atoms with Crippen LogP contribution in [-0.4, -0.2) is 32.8 Å². The summed E-state index contributed by atoms with van der Waals surface area (Å²) >= 11 is 5.95. The molecule has 3 aromatic carbocycles. The number of anilines is 1. The number of halogens is 1. The fraction of sp³-hybridized carbons (Fsp3) is 0.231. The van der Waals surface area contributed by atoms with Gasteiger partial charge in [0.05, 0.1) is 18.2 Å². The number of nitrogens with one attached hydrogen (secondary N) is 3. The molecule has 0 aliphatic rings. The zero-order chi connectivity index (χ0) is 26.1. The second-order valence-electron chi connectivity index (χ2n) is 8.32. The van der Waals surface area contributed by atoms with Crippen molar-refractivity contribution in [3.8, 4) is 0 Å². The summed E-state index contributed by atoms with van der Waals surface area (Å²) in [6, 6.07) is 20.8. The van der Waals surface area contributed by atoms with Crippen LogP contribution >= 0.6 is 11.6 Å². The number of carbonyl (C=O) groups excluding carboxylic acids is 1. The molecule has 1 unspecified atom stereocenters. The average Bonchev–Trinajstić information content (AvgIpc) is 2.82. The van der Waals surface area contributed by atoms with Crippen molar-refractivity contribution in [1.29, 1.82) is 5.41 Å². The van der Waals surface area contributed by atoms with Crippen LogP contribution in [0.3, 0.4) is 0 Å². The normalized spacial score (nSPS) is 12.1. The number of hydrogen-bond acceptors (Lipinski definition) is 6. The van der Waals surface area contributed by atoms with Gasteiger partial charge in [0.2, 0.25) is 5.91 Å². The lowest BCUT2D eigenvalue weighted by molar-refractivity contribution is -0.119. The summed E-state index contributed by atoms with van der Waals surface area (Å²) in [5.41, 5.74) is 9.02. The number of amides is 1. The van der Waals surface area contributed by atoms with Crippen LogP contribution < -0.4 is 15.8 Å². The van der Waals surface area contributed by atoms with Gasteiger partial charge in [0.15, 0.2) is 0 Å². The number of benzene rings is 3. The molecule has 3 aromatic rings. The van der Waals surface area contributed by atoms with Crippen LogP contribution in [0.15, 0.2) is 77.7 Å². The summed E-state index contributed by atoms with van der Waals surface area (Å²) in [5.74, 6) is -0.589. The van der Waals surface area contributed by atoms with Crippen LogP contribution in [0.2, 0.25) is 5.02 Å². The third kappa shape index (κ3) is 8.08. The Labute approximate surface area is 216 Å². The molecule has 0 saturated carbocycles.